The number of aryl methyl sites for hydroxylation is 1. The Kier molecular flexibility index (Phi) is 5.94. The summed E-state index contributed by atoms with van der Waals surface area (Å²) in [4.78, 5) is 24.5. The number of carbonyl (C=O) groups is 1. The Morgan fingerprint density at radius 3 is 2.68 bits per heavy atom. The number of carbonyl (C=O) groups excluding carboxylic acids is 1. The number of nitrogens with zero attached hydrogens (tertiary/aromatic N) is 4. The smallest absolute Gasteiger partial charge is 0.254 e. The molecule has 6 nitrogen and oxygen atoms in total. The maximum absolute atomic E-state index is 12.0. The van der Waals surface area contributed by atoms with Crippen LogP contribution in [-0.2, 0) is 6.54 Å². The SMILES string of the molecule is CSc1ncc(C(=O)NCCCn2ccnc2C(C)C)cn1. The van der Waals surface area contributed by atoms with Crippen LogP contribution in [0.3, 0.4) is 0 Å². The van der Waals surface area contributed by atoms with Gasteiger partial charge in [0.05, 0.1) is 5.56 Å². The van der Waals surface area contributed by atoms with E-state index in [0.717, 1.165) is 18.8 Å². The van der Waals surface area contributed by atoms with Crippen LogP contribution in [-0.4, -0.2) is 38.2 Å². The standard InChI is InChI=1S/C15H21N5OS/c1-11(2)13-16-6-8-20(13)7-4-5-17-14(21)12-9-18-15(22-3)19-10-12/h6,8-11H,4-5,7H2,1-3H3,(H,17,21). The third kappa shape index (κ3) is 4.30. The predicted molar refractivity (Wildman–Crippen MR) is 87.1 cm³/mol. The highest BCUT2D eigenvalue weighted by Crippen LogP contribution is 2.12. The van der Waals surface area contributed by atoms with E-state index in [1.807, 2.05) is 18.6 Å². The van der Waals surface area contributed by atoms with Gasteiger partial charge in [0, 0.05) is 43.8 Å². The number of imidazole rings is 1. The number of aromatic nitrogens is 4. The van der Waals surface area contributed by atoms with Crippen molar-refractivity contribution in [2.75, 3.05) is 12.8 Å². The molecule has 2 aromatic rings. The van der Waals surface area contributed by atoms with Gasteiger partial charge in [-0.25, -0.2) is 15.0 Å². The lowest BCUT2D eigenvalue weighted by atomic mass is 10.2. The van der Waals surface area contributed by atoms with Crippen LogP contribution >= 0.6 is 11.8 Å². The van der Waals surface area contributed by atoms with Crippen LogP contribution in [0, 0.1) is 0 Å². The number of amides is 1. The van der Waals surface area contributed by atoms with Gasteiger partial charge in [0.2, 0.25) is 0 Å². The summed E-state index contributed by atoms with van der Waals surface area (Å²) in [5.41, 5.74) is 0.489. The van der Waals surface area contributed by atoms with Crippen molar-refractivity contribution in [1.82, 2.24) is 24.8 Å². The molecule has 2 rings (SSSR count). The molecule has 0 fully saturated rings. The molecule has 0 radical (unpaired) electrons. The molecular formula is C15H21N5OS. The highest BCUT2D eigenvalue weighted by atomic mass is 32.2. The summed E-state index contributed by atoms with van der Waals surface area (Å²) in [5, 5.41) is 3.55. The summed E-state index contributed by atoms with van der Waals surface area (Å²) in [6, 6.07) is 0. The fourth-order valence-electron chi connectivity index (χ4n) is 2.10. The van der Waals surface area contributed by atoms with E-state index in [1.165, 1.54) is 11.8 Å². The molecule has 7 heteroatoms. The molecular weight excluding hydrogens is 298 g/mol. The molecule has 2 aromatic heterocycles. The van der Waals surface area contributed by atoms with Gasteiger partial charge < -0.3 is 9.88 Å². The average molecular weight is 319 g/mol. The zero-order chi connectivity index (χ0) is 15.9. The van der Waals surface area contributed by atoms with Gasteiger partial charge in [-0.2, -0.15) is 0 Å². The van der Waals surface area contributed by atoms with Crippen LogP contribution in [0.5, 0.6) is 0 Å². The molecule has 0 aliphatic heterocycles. The van der Waals surface area contributed by atoms with E-state index >= 15 is 0 Å². The Morgan fingerprint density at radius 2 is 2.05 bits per heavy atom. The van der Waals surface area contributed by atoms with Crippen molar-refractivity contribution in [3.8, 4) is 0 Å². The molecule has 2 heterocycles. The lowest BCUT2D eigenvalue weighted by Crippen LogP contribution is -2.25. The van der Waals surface area contributed by atoms with Gasteiger partial charge in [0.1, 0.15) is 5.82 Å². The van der Waals surface area contributed by atoms with Crippen LogP contribution in [0.2, 0.25) is 0 Å². The van der Waals surface area contributed by atoms with Crippen LogP contribution in [0.15, 0.2) is 29.9 Å². The van der Waals surface area contributed by atoms with E-state index in [2.05, 4.69) is 38.7 Å². The Balaban J connectivity index is 1.78. The normalized spacial score (nSPS) is 10.9. The van der Waals surface area contributed by atoms with Crippen molar-refractivity contribution >= 4 is 17.7 Å². The fourth-order valence-corrected chi connectivity index (χ4v) is 2.42. The van der Waals surface area contributed by atoms with Crippen LogP contribution in [0.25, 0.3) is 0 Å². The summed E-state index contributed by atoms with van der Waals surface area (Å²) in [7, 11) is 0. The maximum atomic E-state index is 12.0. The van der Waals surface area contributed by atoms with Crippen molar-refractivity contribution in [3.63, 3.8) is 0 Å². The molecule has 0 saturated heterocycles. The van der Waals surface area contributed by atoms with Crippen molar-refractivity contribution in [1.29, 1.82) is 0 Å². The first-order valence-electron chi connectivity index (χ1n) is 7.27. The van der Waals surface area contributed by atoms with Gasteiger partial charge >= 0.3 is 0 Å². The minimum Gasteiger partial charge on any atom is -0.352 e. The third-order valence-corrected chi connectivity index (χ3v) is 3.77. The largest absolute Gasteiger partial charge is 0.352 e. The van der Waals surface area contributed by atoms with E-state index in [1.54, 1.807) is 12.4 Å². The summed E-state index contributed by atoms with van der Waals surface area (Å²) < 4.78 is 2.13. The summed E-state index contributed by atoms with van der Waals surface area (Å²) in [6.45, 7) is 5.70. The zero-order valence-electron chi connectivity index (χ0n) is 13.1. The Labute approximate surface area is 134 Å². The first kappa shape index (κ1) is 16.5. The highest BCUT2D eigenvalue weighted by Gasteiger charge is 2.08. The molecule has 118 valence electrons. The monoisotopic (exact) mass is 319 g/mol. The number of thioether (sulfide) groups is 1. The van der Waals surface area contributed by atoms with Crippen LogP contribution < -0.4 is 5.32 Å². The fraction of sp³-hybridized carbons (Fsp3) is 0.467. The molecule has 0 spiro atoms. The second-order valence-electron chi connectivity index (χ2n) is 5.20. The number of hydrogen-bond acceptors (Lipinski definition) is 5. The molecule has 1 amide bonds. The average Bonchev–Trinajstić information content (AvgIpc) is 3.00. The molecule has 0 saturated carbocycles. The van der Waals surface area contributed by atoms with E-state index in [9.17, 15) is 4.79 Å². The quantitative estimate of drug-likeness (QED) is 0.482. The molecule has 0 aromatic carbocycles. The van der Waals surface area contributed by atoms with Gasteiger partial charge in [0.15, 0.2) is 5.16 Å². The Hall–Kier alpha value is -1.89. The van der Waals surface area contributed by atoms with E-state index in [-0.39, 0.29) is 5.91 Å². The van der Waals surface area contributed by atoms with E-state index in [4.69, 9.17) is 0 Å². The van der Waals surface area contributed by atoms with Gasteiger partial charge in [-0.1, -0.05) is 25.6 Å². The lowest BCUT2D eigenvalue weighted by molar-refractivity contribution is 0.0951. The lowest BCUT2D eigenvalue weighted by Gasteiger charge is -2.10. The van der Waals surface area contributed by atoms with Crippen molar-refractivity contribution in [3.05, 3.63) is 36.2 Å². The predicted octanol–water partition coefficient (Wildman–Crippen LogP) is 2.34. The molecule has 0 atom stereocenters. The van der Waals surface area contributed by atoms with Gasteiger partial charge in [-0.15, -0.1) is 0 Å². The first-order valence-corrected chi connectivity index (χ1v) is 8.49. The maximum Gasteiger partial charge on any atom is 0.254 e. The second kappa shape index (κ2) is 7.93. The highest BCUT2D eigenvalue weighted by molar-refractivity contribution is 7.98. The Morgan fingerprint density at radius 1 is 1.32 bits per heavy atom. The van der Waals surface area contributed by atoms with Crippen LogP contribution in [0.1, 0.15) is 42.4 Å². The molecule has 0 bridgehead atoms. The van der Waals surface area contributed by atoms with Gasteiger partial charge in [-0.05, 0) is 12.7 Å². The summed E-state index contributed by atoms with van der Waals surface area (Å²) in [6.07, 6.45) is 9.66. The molecule has 0 aliphatic rings. The first-order chi connectivity index (χ1) is 10.6. The zero-order valence-corrected chi connectivity index (χ0v) is 13.9. The molecule has 0 unspecified atom stereocenters. The Bertz CT molecular complexity index is 609. The van der Waals surface area contributed by atoms with E-state index in [0.29, 0.717) is 23.2 Å². The summed E-state index contributed by atoms with van der Waals surface area (Å²) in [5.74, 6) is 1.34. The minimum absolute atomic E-state index is 0.137. The number of rotatable bonds is 7. The van der Waals surface area contributed by atoms with Crippen molar-refractivity contribution in [2.45, 2.75) is 37.9 Å². The minimum atomic E-state index is -0.137. The summed E-state index contributed by atoms with van der Waals surface area (Å²) >= 11 is 1.45. The van der Waals surface area contributed by atoms with Crippen molar-refractivity contribution < 1.29 is 4.79 Å². The topological polar surface area (TPSA) is 72.7 Å². The van der Waals surface area contributed by atoms with Crippen LogP contribution in [0.4, 0.5) is 0 Å². The van der Waals surface area contributed by atoms with Crippen molar-refractivity contribution in [2.24, 2.45) is 0 Å². The number of hydrogen-bond donors (Lipinski definition) is 1. The molecule has 22 heavy (non-hydrogen) atoms. The molecule has 0 aliphatic carbocycles. The molecule has 1 N–H and O–H groups in total. The van der Waals surface area contributed by atoms with E-state index < -0.39 is 0 Å². The second-order valence-corrected chi connectivity index (χ2v) is 5.97. The number of nitrogens with one attached hydrogen (secondary N) is 1. The van der Waals surface area contributed by atoms with Gasteiger partial charge in [0.25, 0.3) is 5.91 Å². The third-order valence-electron chi connectivity index (χ3n) is 3.20. The van der Waals surface area contributed by atoms with Gasteiger partial charge in [-0.3, -0.25) is 4.79 Å².